The molecule has 2 amide bonds. The number of aliphatic carboxylic acids is 1. The number of nitrogen functional groups attached to an aromatic ring is 1. The lowest BCUT2D eigenvalue weighted by Gasteiger charge is -2.08. The monoisotopic (exact) mass is 497 g/mol. The van der Waals surface area contributed by atoms with Gasteiger partial charge >= 0.3 is 0 Å². The van der Waals surface area contributed by atoms with Crippen LogP contribution in [0.3, 0.4) is 0 Å². The van der Waals surface area contributed by atoms with Gasteiger partial charge in [0.15, 0.2) is 0 Å². The molecule has 0 radical (unpaired) electrons. The number of hydrogen-bond acceptors (Lipinski definition) is 4. The number of anilines is 3. The fourth-order valence-electron chi connectivity index (χ4n) is 3.56. The average Bonchev–Trinajstić information content (AvgIpc) is 2.84. The number of aromatic nitrogens is 1. The molecule has 0 bridgehead atoms. The number of carbonyl (C=O) groups excluding carboxylic acids is 2. The van der Waals surface area contributed by atoms with Crippen LogP contribution in [-0.2, 0) is 16.6 Å². The molecular formula is C29H29N4O4+. The van der Waals surface area contributed by atoms with Crippen LogP contribution in [0.15, 0.2) is 78.9 Å². The summed E-state index contributed by atoms with van der Waals surface area (Å²) < 4.78 is 2.11. The molecule has 0 aliphatic carbocycles. The Morgan fingerprint density at radius 1 is 0.811 bits per heavy atom. The third kappa shape index (κ3) is 7.76. The topological polar surface area (TPSA) is 125 Å². The van der Waals surface area contributed by atoms with Crippen molar-refractivity contribution in [1.82, 2.24) is 0 Å². The highest BCUT2D eigenvalue weighted by Gasteiger charge is 2.12. The molecule has 188 valence electrons. The molecule has 4 aromatic rings. The van der Waals surface area contributed by atoms with E-state index >= 15 is 0 Å². The summed E-state index contributed by atoms with van der Waals surface area (Å²) in [5, 5.41) is 14.1. The van der Waals surface area contributed by atoms with Crippen molar-refractivity contribution in [2.45, 2.75) is 13.8 Å². The van der Waals surface area contributed by atoms with Crippen LogP contribution in [0.4, 0.5) is 17.1 Å². The van der Waals surface area contributed by atoms with Crippen molar-refractivity contribution in [3.63, 3.8) is 0 Å². The third-order valence-corrected chi connectivity index (χ3v) is 5.32. The fourth-order valence-corrected chi connectivity index (χ4v) is 3.56. The summed E-state index contributed by atoms with van der Waals surface area (Å²) in [6.07, 6.45) is 4.11. The Bertz CT molecular complexity index is 1460. The Labute approximate surface area is 215 Å². The van der Waals surface area contributed by atoms with E-state index in [1.54, 1.807) is 24.3 Å². The molecule has 0 atom stereocenters. The zero-order chi connectivity index (χ0) is 26.9. The molecule has 8 heteroatoms. The summed E-state index contributed by atoms with van der Waals surface area (Å²) in [5.41, 5.74) is 11.5. The summed E-state index contributed by atoms with van der Waals surface area (Å²) in [4.78, 5) is 32.8. The van der Waals surface area contributed by atoms with Crippen LogP contribution in [0.1, 0.15) is 35.5 Å². The first kappa shape index (κ1) is 26.6. The Balaban J connectivity index is 0.000000886. The van der Waals surface area contributed by atoms with Gasteiger partial charge in [-0.3, -0.25) is 14.4 Å². The minimum atomic E-state index is -0.833. The van der Waals surface area contributed by atoms with Gasteiger partial charge in [-0.25, -0.2) is 0 Å². The van der Waals surface area contributed by atoms with Gasteiger partial charge in [0, 0.05) is 60.1 Å². The van der Waals surface area contributed by atoms with Gasteiger partial charge in [-0.2, -0.15) is 4.57 Å². The molecule has 8 nitrogen and oxygen atoms in total. The number of pyridine rings is 1. The quantitative estimate of drug-likeness (QED) is 0.235. The molecule has 5 N–H and O–H groups in total. The Morgan fingerprint density at radius 3 is 2.05 bits per heavy atom. The maximum atomic E-state index is 12.6. The SMILES string of the molecule is CC(=O)Nc1ccc(C(=O)Nc2ccc3c(ccc(/C=C/c4ccc(N)cc4)[n+]3C)c2)cc1.CC(=O)O. The zero-order valence-electron chi connectivity index (χ0n) is 20.9. The van der Waals surface area contributed by atoms with E-state index in [2.05, 4.69) is 21.3 Å². The van der Waals surface area contributed by atoms with Crippen molar-refractivity contribution in [3.8, 4) is 0 Å². The number of nitrogens with two attached hydrogens (primary N) is 1. The second kappa shape index (κ2) is 12.1. The van der Waals surface area contributed by atoms with Crippen molar-refractivity contribution < 1.29 is 24.1 Å². The molecule has 3 aromatic carbocycles. The van der Waals surface area contributed by atoms with Gasteiger partial charge in [-0.1, -0.05) is 12.1 Å². The molecule has 37 heavy (non-hydrogen) atoms. The van der Waals surface area contributed by atoms with Gasteiger partial charge in [0.1, 0.15) is 7.05 Å². The molecule has 1 heterocycles. The molecule has 0 aliphatic heterocycles. The van der Waals surface area contributed by atoms with E-state index in [-0.39, 0.29) is 11.8 Å². The highest BCUT2D eigenvalue weighted by atomic mass is 16.4. The number of aryl methyl sites for hydroxylation is 1. The Hall–Kier alpha value is -4.98. The summed E-state index contributed by atoms with van der Waals surface area (Å²) in [7, 11) is 2.01. The van der Waals surface area contributed by atoms with Crippen LogP contribution in [-0.4, -0.2) is 22.9 Å². The first-order valence-corrected chi connectivity index (χ1v) is 11.5. The van der Waals surface area contributed by atoms with E-state index in [1.807, 2.05) is 67.7 Å². The molecule has 0 aliphatic rings. The molecule has 0 fully saturated rings. The fraction of sp³-hybridized carbons (Fsp3) is 0.103. The van der Waals surface area contributed by atoms with E-state index < -0.39 is 5.97 Å². The van der Waals surface area contributed by atoms with Crippen LogP contribution >= 0.6 is 0 Å². The Kier molecular flexibility index (Phi) is 8.72. The lowest BCUT2D eigenvalue weighted by atomic mass is 10.1. The van der Waals surface area contributed by atoms with Crippen molar-refractivity contribution in [2.24, 2.45) is 7.05 Å². The smallest absolute Gasteiger partial charge is 0.300 e. The predicted molar refractivity (Wildman–Crippen MR) is 147 cm³/mol. The molecule has 0 unspecified atom stereocenters. The second-order valence-electron chi connectivity index (χ2n) is 8.32. The normalized spacial score (nSPS) is 10.5. The van der Waals surface area contributed by atoms with Gasteiger partial charge in [0.25, 0.3) is 11.9 Å². The summed E-state index contributed by atoms with van der Waals surface area (Å²) in [6, 6.07) is 24.4. The maximum absolute atomic E-state index is 12.6. The van der Waals surface area contributed by atoms with Gasteiger partial charge in [-0.05, 0) is 66.2 Å². The van der Waals surface area contributed by atoms with Gasteiger partial charge in [0.2, 0.25) is 17.1 Å². The van der Waals surface area contributed by atoms with Crippen LogP contribution in [0, 0.1) is 0 Å². The first-order chi connectivity index (χ1) is 17.6. The molecule has 0 spiro atoms. The minimum Gasteiger partial charge on any atom is -0.481 e. The van der Waals surface area contributed by atoms with E-state index in [0.717, 1.165) is 34.8 Å². The molecule has 4 rings (SSSR count). The van der Waals surface area contributed by atoms with E-state index in [4.69, 9.17) is 15.6 Å². The number of benzene rings is 3. The molecule has 0 saturated carbocycles. The zero-order valence-corrected chi connectivity index (χ0v) is 20.9. The van der Waals surface area contributed by atoms with E-state index in [1.165, 1.54) is 6.92 Å². The van der Waals surface area contributed by atoms with Crippen LogP contribution in [0.2, 0.25) is 0 Å². The number of carbonyl (C=O) groups is 3. The number of hydrogen-bond donors (Lipinski definition) is 4. The van der Waals surface area contributed by atoms with Crippen LogP contribution < -0.4 is 20.9 Å². The second-order valence-corrected chi connectivity index (χ2v) is 8.32. The summed E-state index contributed by atoms with van der Waals surface area (Å²) in [5.74, 6) is -1.20. The van der Waals surface area contributed by atoms with Gasteiger partial charge < -0.3 is 21.5 Å². The van der Waals surface area contributed by atoms with Crippen molar-refractivity contribution in [1.29, 1.82) is 0 Å². The van der Waals surface area contributed by atoms with Gasteiger partial charge in [-0.15, -0.1) is 0 Å². The predicted octanol–water partition coefficient (Wildman–Crippen LogP) is 4.72. The highest BCUT2D eigenvalue weighted by Crippen LogP contribution is 2.19. The van der Waals surface area contributed by atoms with Gasteiger partial charge in [0.05, 0.1) is 0 Å². The van der Waals surface area contributed by atoms with Crippen LogP contribution in [0.25, 0.3) is 23.1 Å². The molecular weight excluding hydrogens is 468 g/mol. The number of nitrogens with one attached hydrogen (secondary N) is 2. The number of amides is 2. The molecule has 1 aromatic heterocycles. The number of nitrogens with zero attached hydrogens (tertiary/aromatic N) is 1. The average molecular weight is 498 g/mol. The lowest BCUT2D eigenvalue weighted by Crippen LogP contribution is -2.32. The lowest BCUT2D eigenvalue weighted by molar-refractivity contribution is -0.646. The first-order valence-electron chi connectivity index (χ1n) is 11.5. The van der Waals surface area contributed by atoms with Crippen LogP contribution in [0.5, 0.6) is 0 Å². The number of fused-ring (bicyclic) bond motifs is 1. The van der Waals surface area contributed by atoms with Crippen molar-refractivity contribution >= 4 is 57.9 Å². The van der Waals surface area contributed by atoms with E-state index in [0.29, 0.717) is 16.9 Å². The third-order valence-electron chi connectivity index (χ3n) is 5.32. The minimum absolute atomic E-state index is 0.152. The standard InChI is InChI=1S/C27H24N4O2.C2H4O2/c1-18(32)29-23-11-6-20(7-12-23)27(33)30-24-13-16-26-21(17-24)8-15-25(31(26)2)14-5-19-3-9-22(28)10-4-19;1-2(3)4/h3-17,28H,1-2H3,(H2,29,30,32,33);1H3,(H,3,4)/p+1. The van der Waals surface area contributed by atoms with E-state index in [9.17, 15) is 9.59 Å². The van der Waals surface area contributed by atoms with Crippen molar-refractivity contribution in [3.05, 3.63) is 95.7 Å². The maximum Gasteiger partial charge on any atom is 0.300 e. The van der Waals surface area contributed by atoms with Crippen molar-refractivity contribution in [2.75, 3.05) is 16.4 Å². The summed E-state index contributed by atoms with van der Waals surface area (Å²) >= 11 is 0. The Morgan fingerprint density at radius 2 is 1.43 bits per heavy atom. The number of rotatable bonds is 5. The summed E-state index contributed by atoms with van der Waals surface area (Å²) in [6.45, 7) is 2.53. The molecule has 0 saturated heterocycles. The highest BCUT2D eigenvalue weighted by molar-refractivity contribution is 6.05. The number of carboxylic acids is 1. The largest absolute Gasteiger partial charge is 0.481 e. The number of carboxylic acid groups (broad SMARTS) is 1.